The van der Waals surface area contributed by atoms with Gasteiger partial charge >= 0.3 is 11.9 Å². The Morgan fingerprint density at radius 3 is 1.95 bits per heavy atom. The molecular weight excluding hydrogens is 821 g/mol. The summed E-state index contributed by atoms with van der Waals surface area (Å²) >= 11 is 0. The van der Waals surface area contributed by atoms with Crippen molar-refractivity contribution in [2.75, 3.05) is 27.4 Å². The number of hydrogen-bond donors (Lipinski definition) is 1. The third kappa shape index (κ3) is 10.4. The lowest BCUT2D eigenvalue weighted by atomic mass is 9.80. The average Bonchev–Trinajstić information content (AvgIpc) is 3.65. The summed E-state index contributed by atoms with van der Waals surface area (Å²) in [7, 11) is 3.29. The van der Waals surface area contributed by atoms with Crippen LogP contribution in [0, 0.1) is 5.92 Å². The highest BCUT2D eigenvalue weighted by atomic mass is 16.5. The van der Waals surface area contributed by atoms with Crippen molar-refractivity contribution in [2.45, 2.75) is 58.3 Å². The molecule has 5 aromatic carbocycles. The van der Waals surface area contributed by atoms with Crippen molar-refractivity contribution in [3.05, 3.63) is 179 Å². The Bertz CT molecular complexity index is 2630. The van der Waals surface area contributed by atoms with Gasteiger partial charge in [0.15, 0.2) is 11.5 Å². The van der Waals surface area contributed by atoms with E-state index < -0.39 is 23.5 Å². The number of carbonyl (C=O) groups excluding carboxylic acids is 2. The molecule has 2 aromatic heterocycles. The zero-order chi connectivity index (χ0) is 45.8. The minimum atomic E-state index is -1.06. The molecule has 1 atom stereocenters. The fraction of sp³-hybridized carbons (Fsp3) is 0.259. The number of aromatic nitrogens is 2. The van der Waals surface area contributed by atoms with E-state index in [2.05, 4.69) is 27.8 Å². The summed E-state index contributed by atoms with van der Waals surface area (Å²) in [5.74, 6) is -0.141. The SMILES string of the molecule is CCOc1c(C(=O)C(CC)CCOC(c2ccccc2)(c2ccc(OC)cc2)c2ccc(OC)cc2)n(Cc2ccc(COC(=O)CCC(=O)O)cc2)c2cc(-c3cccnc3)ccc12. The second kappa shape index (κ2) is 21.4. The molecule has 0 spiro atoms. The number of ether oxygens (including phenoxy) is 5. The number of carbonyl (C=O) groups is 3. The average molecular weight is 875 g/mol. The lowest BCUT2D eigenvalue weighted by Gasteiger charge is -2.36. The van der Waals surface area contributed by atoms with Gasteiger partial charge in [-0.15, -0.1) is 0 Å². The van der Waals surface area contributed by atoms with Gasteiger partial charge in [0.2, 0.25) is 0 Å². The molecule has 1 unspecified atom stereocenters. The monoisotopic (exact) mass is 874 g/mol. The Hall–Kier alpha value is -7.24. The molecule has 0 radical (unpaired) electrons. The summed E-state index contributed by atoms with van der Waals surface area (Å²) in [6.45, 7) is 4.91. The number of rotatable bonds is 22. The van der Waals surface area contributed by atoms with E-state index in [1.54, 1.807) is 20.4 Å². The maximum Gasteiger partial charge on any atom is 0.306 e. The highest BCUT2D eigenvalue weighted by molar-refractivity contribution is 6.07. The number of hydrogen-bond acceptors (Lipinski definition) is 9. The second-order valence-corrected chi connectivity index (χ2v) is 15.7. The number of nitrogens with zero attached hydrogens (tertiary/aromatic N) is 2. The molecule has 0 amide bonds. The molecule has 11 nitrogen and oxygen atoms in total. The third-order valence-electron chi connectivity index (χ3n) is 11.7. The van der Waals surface area contributed by atoms with E-state index in [0.29, 0.717) is 37.4 Å². The molecule has 7 aromatic rings. The predicted molar refractivity (Wildman–Crippen MR) is 250 cm³/mol. The number of carboxylic acids is 1. The van der Waals surface area contributed by atoms with Gasteiger partial charge in [-0.05, 0) is 95.6 Å². The minimum Gasteiger partial charge on any atom is -0.497 e. The van der Waals surface area contributed by atoms with E-state index in [1.807, 2.05) is 135 Å². The summed E-state index contributed by atoms with van der Waals surface area (Å²) < 4.78 is 32.1. The number of carboxylic acid groups (broad SMARTS) is 1. The molecule has 1 N–H and O–H groups in total. The number of benzene rings is 5. The maximum atomic E-state index is 15.3. The van der Waals surface area contributed by atoms with E-state index in [9.17, 15) is 9.59 Å². The van der Waals surface area contributed by atoms with Crippen LogP contribution in [-0.2, 0) is 37.8 Å². The fourth-order valence-corrected chi connectivity index (χ4v) is 8.24. The first-order valence-corrected chi connectivity index (χ1v) is 21.9. The molecule has 0 bridgehead atoms. The Kier molecular flexibility index (Phi) is 15.1. The molecule has 0 aliphatic rings. The van der Waals surface area contributed by atoms with Crippen LogP contribution in [0.4, 0.5) is 0 Å². The molecule has 0 aliphatic carbocycles. The minimum absolute atomic E-state index is 0.0145. The number of pyridine rings is 1. The molecule has 65 heavy (non-hydrogen) atoms. The zero-order valence-electron chi connectivity index (χ0n) is 37.2. The third-order valence-corrected chi connectivity index (χ3v) is 11.7. The van der Waals surface area contributed by atoms with Crippen molar-refractivity contribution in [3.8, 4) is 28.4 Å². The van der Waals surface area contributed by atoms with Crippen molar-refractivity contribution in [3.63, 3.8) is 0 Å². The number of methoxy groups -OCH3 is 2. The van der Waals surface area contributed by atoms with Gasteiger partial charge in [-0.1, -0.05) is 97.9 Å². The first-order valence-electron chi connectivity index (χ1n) is 21.9. The lowest BCUT2D eigenvalue weighted by Crippen LogP contribution is -2.34. The van der Waals surface area contributed by atoms with Crippen molar-refractivity contribution >= 4 is 28.6 Å². The van der Waals surface area contributed by atoms with Gasteiger partial charge in [0, 0.05) is 42.4 Å². The molecule has 11 heteroatoms. The predicted octanol–water partition coefficient (Wildman–Crippen LogP) is 10.7. The largest absolute Gasteiger partial charge is 0.497 e. The molecule has 0 aliphatic heterocycles. The van der Waals surface area contributed by atoms with E-state index in [4.69, 9.17) is 28.8 Å². The smallest absolute Gasteiger partial charge is 0.306 e. The van der Waals surface area contributed by atoms with Crippen molar-refractivity contribution < 1.29 is 43.2 Å². The molecule has 7 rings (SSSR count). The topological polar surface area (TPSA) is 135 Å². The Labute approximate surface area is 379 Å². The maximum absolute atomic E-state index is 15.3. The summed E-state index contributed by atoms with van der Waals surface area (Å²) in [5.41, 5.74) is 6.56. The van der Waals surface area contributed by atoms with E-state index in [-0.39, 0.29) is 31.8 Å². The van der Waals surface area contributed by atoms with E-state index >= 15 is 4.79 Å². The van der Waals surface area contributed by atoms with Gasteiger partial charge in [0.25, 0.3) is 0 Å². The van der Waals surface area contributed by atoms with Crippen LogP contribution in [0.25, 0.3) is 22.0 Å². The Morgan fingerprint density at radius 1 is 0.723 bits per heavy atom. The summed E-state index contributed by atoms with van der Waals surface area (Å²) in [6.07, 6.45) is 4.05. The first kappa shape index (κ1) is 45.8. The highest BCUT2D eigenvalue weighted by Crippen LogP contribution is 2.43. The summed E-state index contributed by atoms with van der Waals surface area (Å²) in [6, 6.07) is 43.6. The van der Waals surface area contributed by atoms with E-state index in [1.165, 1.54) is 0 Å². The Balaban J connectivity index is 1.25. The van der Waals surface area contributed by atoms with Gasteiger partial charge < -0.3 is 33.4 Å². The van der Waals surface area contributed by atoms with Gasteiger partial charge in [-0.3, -0.25) is 19.4 Å². The lowest BCUT2D eigenvalue weighted by molar-refractivity contribution is -0.148. The number of aliphatic carboxylic acids is 1. The second-order valence-electron chi connectivity index (χ2n) is 15.7. The van der Waals surface area contributed by atoms with Crippen LogP contribution in [-0.4, -0.2) is 59.8 Å². The molecule has 334 valence electrons. The van der Waals surface area contributed by atoms with Crippen LogP contribution < -0.4 is 14.2 Å². The van der Waals surface area contributed by atoms with Crippen LogP contribution in [0.1, 0.15) is 77.8 Å². The van der Waals surface area contributed by atoms with Crippen molar-refractivity contribution in [1.29, 1.82) is 0 Å². The molecule has 2 heterocycles. The van der Waals surface area contributed by atoms with Crippen molar-refractivity contribution in [1.82, 2.24) is 9.55 Å². The highest BCUT2D eigenvalue weighted by Gasteiger charge is 2.39. The quantitative estimate of drug-likeness (QED) is 0.0398. The van der Waals surface area contributed by atoms with Crippen LogP contribution in [0.15, 0.2) is 146 Å². The molecule has 0 fully saturated rings. The van der Waals surface area contributed by atoms with Crippen LogP contribution in [0.3, 0.4) is 0 Å². The standard InChI is InChI=1S/C54H54N2O9/c1-5-39(30-32-65-54(42-12-8-7-9-13-42,43-19-23-45(61-3)24-20-43)44-21-25-46(62-4)26-22-44)52(60)51-53(63-6-2)47-27-18-40(41-11-10-31-55-34-41)33-48(47)56(51)35-37-14-16-38(17-15-37)36-64-50(59)29-28-49(57)58/h7-27,31,33-34,39H,5-6,28-30,32,35-36H2,1-4H3,(H,57,58). The van der Waals surface area contributed by atoms with E-state index in [0.717, 1.165) is 61.3 Å². The van der Waals surface area contributed by atoms with Crippen LogP contribution in [0.2, 0.25) is 0 Å². The van der Waals surface area contributed by atoms with Crippen LogP contribution in [0.5, 0.6) is 17.2 Å². The van der Waals surface area contributed by atoms with Gasteiger partial charge in [0.05, 0.1) is 39.2 Å². The number of Topliss-reactive ketones (excluding diaryl/α,β-unsaturated/α-hetero) is 1. The zero-order valence-corrected chi connectivity index (χ0v) is 37.2. The Morgan fingerprint density at radius 2 is 1.37 bits per heavy atom. The number of ketones is 1. The first-order chi connectivity index (χ1) is 31.7. The fourth-order valence-electron chi connectivity index (χ4n) is 8.24. The van der Waals surface area contributed by atoms with Gasteiger partial charge in [-0.25, -0.2) is 0 Å². The number of esters is 1. The van der Waals surface area contributed by atoms with Crippen molar-refractivity contribution in [2.24, 2.45) is 5.92 Å². The van der Waals surface area contributed by atoms with Gasteiger partial charge in [-0.2, -0.15) is 0 Å². The molecular formula is C54H54N2O9. The summed E-state index contributed by atoms with van der Waals surface area (Å²) in [5, 5.41) is 9.75. The number of fused-ring (bicyclic) bond motifs is 1. The van der Waals surface area contributed by atoms with Crippen LogP contribution >= 0.6 is 0 Å². The summed E-state index contributed by atoms with van der Waals surface area (Å²) in [4.78, 5) is 42.7. The molecule has 0 saturated carbocycles. The normalized spacial score (nSPS) is 11.8. The van der Waals surface area contributed by atoms with Gasteiger partial charge in [0.1, 0.15) is 29.4 Å². The molecule has 0 saturated heterocycles.